The first-order valence-electron chi connectivity index (χ1n) is 10.4. The number of fused-ring (bicyclic) bond motifs is 3. The first-order chi connectivity index (χ1) is 12.4. The quantitative estimate of drug-likeness (QED) is 0.482. The SMILES string of the molecule is C=C1[C@@H]2C[C@H](O)[C@H]3[C@]4(C)CC[C@H](O)C(C)(C)[C@H]4[C@@H](OC(C)=O)C[C@@]3(C2)[C@@H]1O. The fourth-order valence-electron chi connectivity index (χ4n) is 8.15. The molecule has 0 radical (unpaired) electrons. The summed E-state index contributed by atoms with van der Waals surface area (Å²) in [7, 11) is 0. The number of ether oxygens (including phenoxy) is 1. The van der Waals surface area contributed by atoms with Crippen molar-refractivity contribution in [2.24, 2.45) is 34.0 Å². The van der Waals surface area contributed by atoms with Crippen molar-refractivity contribution in [2.45, 2.75) is 84.2 Å². The summed E-state index contributed by atoms with van der Waals surface area (Å²) >= 11 is 0. The highest BCUT2D eigenvalue weighted by Gasteiger charge is 2.72. The average Bonchev–Trinajstić information content (AvgIpc) is 2.71. The van der Waals surface area contributed by atoms with Crippen molar-refractivity contribution in [1.29, 1.82) is 0 Å². The van der Waals surface area contributed by atoms with Gasteiger partial charge in [-0.05, 0) is 60.3 Å². The van der Waals surface area contributed by atoms with Crippen LogP contribution in [-0.2, 0) is 9.53 Å². The molecule has 0 saturated heterocycles. The van der Waals surface area contributed by atoms with Gasteiger partial charge < -0.3 is 20.1 Å². The van der Waals surface area contributed by atoms with Gasteiger partial charge in [-0.25, -0.2) is 0 Å². The minimum absolute atomic E-state index is 0.0689. The van der Waals surface area contributed by atoms with Gasteiger partial charge in [-0.15, -0.1) is 0 Å². The Bertz CT molecular complexity index is 672. The molecule has 0 unspecified atom stereocenters. The van der Waals surface area contributed by atoms with Gasteiger partial charge in [0.1, 0.15) is 6.10 Å². The maximum Gasteiger partial charge on any atom is 0.302 e. The van der Waals surface area contributed by atoms with E-state index in [0.29, 0.717) is 19.3 Å². The molecule has 3 N–H and O–H groups in total. The van der Waals surface area contributed by atoms with Gasteiger partial charge in [0, 0.05) is 18.3 Å². The van der Waals surface area contributed by atoms with E-state index in [1.54, 1.807) is 0 Å². The van der Waals surface area contributed by atoms with Crippen LogP contribution < -0.4 is 0 Å². The number of carbonyl (C=O) groups excluding carboxylic acids is 1. The van der Waals surface area contributed by atoms with Crippen molar-refractivity contribution in [1.82, 2.24) is 0 Å². The van der Waals surface area contributed by atoms with Crippen LogP contribution >= 0.6 is 0 Å². The molecule has 0 heterocycles. The molecule has 0 aromatic rings. The third-order valence-electron chi connectivity index (χ3n) is 8.88. The molecule has 1 spiro atoms. The third-order valence-corrected chi connectivity index (χ3v) is 8.88. The summed E-state index contributed by atoms with van der Waals surface area (Å²) in [6.45, 7) is 11.9. The molecule has 152 valence electrons. The second-order valence-electron chi connectivity index (χ2n) is 10.6. The molecule has 4 saturated carbocycles. The zero-order valence-corrected chi connectivity index (χ0v) is 16.9. The average molecular weight is 379 g/mol. The molecule has 5 nitrogen and oxygen atoms in total. The second kappa shape index (κ2) is 5.80. The zero-order chi connectivity index (χ0) is 19.9. The van der Waals surface area contributed by atoms with E-state index in [1.165, 1.54) is 6.92 Å². The number of esters is 1. The summed E-state index contributed by atoms with van der Waals surface area (Å²) in [5.74, 6) is -0.349. The van der Waals surface area contributed by atoms with E-state index in [0.717, 1.165) is 18.4 Å². The fourth-order valence-corrected chi connectivity index (χ4v) is 8.15. The molecule has 4 aliphatic carbocycles. The largest absolute Gasteiger partial charge is 0.462 e. The van der Waals surface area contributed by atoms with Crippen LogP contribution in [0.3, 0.4) is 0 Å². The molecule has 4 rings (SSSR count). The highest BCUT2D eigenvalue weighted by Crippen LogP contribution is 2.72. The summed E-state index contributed by atoms with van der Waals surface area (Å²) in [5.41, 5.74) is -0.429. The van der Waals surface area contributed by atoms with Gasteiger partial charge in [-0.2, -0.15) is 0 Å². The van der Waals surface area contributed by atoms with E-state index < -0.39 is 29.1 Å². The van der Waals surface area contributed by atoms with Gasteiger partial charge in [0.2, 0.25) is 0 Å². The second-order valence-corrected chi connectivity index (χ2v) is 10.6. The Labute approximate surface area is 161 Å². The molecule has 0 aromatic heterocycles. The first kappa shape index (κ1) is 19.4. The van der Waals surface area contributed by atoms with Gasteiger partial charge in [-0.3, -0.25) is 4.79 Å². The third kappa shape index (κ3) is 2.37. The molecule has 27 heavy (non-hydrogen) atoms. The van der Waals surface area contributed by atoms with Crippen molar-refractivity contribution >= 4 is 5.97 Å². The Morgan fingerprint density at radius 2 is 1.81 bits per heavy atom. The van der Waals surface area contributed by atoms with Crippen LogP contribution in [0.2, 0.25) is 0 Å². The number of aliphatic hydroxyl groups excluding tert-OH is 3. The predicted molar refractivity (Wildman–Crippen MR) is 101 cm³/mol. The summed E-state index contributed by atoms with van der Waals surface area (Å²) in [4.78, 5) is 11.9. The molecular formula is C22H34O5. The number of hydrogen-bond donors (Lipinski definition) is 3. The van der Waals surface area contributed by atoms with E-state index in [2.05, 4.69) is 27.4 Å². The molecule has 9 atom stereocenters. The first-order valence-corrected chi connectivity index (χ1v) is 10.4. The highest BCUT2D eigenvalue weighted by atomic mass is 16.5. The van der Waals surface area contributed by atoms with Gasteiger partial charge in [-0.1, -0.05) is 27.4 Å². The molecule has 0 amide bonds. The number of carbonyl (C=O) groups is 1. The van der Waals surface area contributed by atoms with Crippen LogP contribution in [0, 0.1) is 34.0 Å². The standard InChI is InChI=1S/C22H34O5/c1-11-13-8-14(24)17-21(5)7-6-16(25)20(3,4)18(21)15(27-12(2)23)10-22(17,9-13)19(11)26/h13-19,24-26H,1,6-10H2,2-5H3/t13-,14+,15+,16+,17+,18-,19-,21+,22-/m1/s1. The number of rotatable bonds is 1. The lowest BCUT2D eigenvalue weighted by atomic mass is 9.39. The van der Waals surface area contributed by atoms with Crippen molar-refractivity contribution in [3.63, 3.8) is 0 Å². The maximum atomic E-state index is 11.9. The Balaban J connectivity index is 1.87. The molecule has 0 aliphatic heterocycles. The van der Waals surface area contributed by atoms with Crippen molar-refractivity contribution in [2.75, 3.05) is 0 Å². The van der Waals surface area contributed by atoms with Crippen LogP contribution in [0.5, 0.6) is 0 Å². The van der Waals surface area contributed by atoms with Crippen LogP contribution in [-0.4, -0.2) is 45.7 Å². The van der Waals surface area contributed by atoms with Crippen LogP contribution in [0.4, 0.5) is 0 Å². The Hall–Kier alpha value is -0.910. The molecule has 0 aromatic carbocycles. The van der Waals surface area contributed by atoms with E-state index in [9.17, 15) is 20.1 Å². The topological polar surface area (TPSA) is 87.0 Å². The van der Waals surface area contributed by atoms with Crippen molar-refractivity contribution in [3.8, 4) is 0 Å². The minimum atomic E-state index is -0.671. The van der Waals surface area contributed by atoms with Gasteiger partial charge >= 0.3 is 5.97 Å². The highest BCUT2D eigenvalue weighted by molar-refractivity contribution is 5.66. The summed E-state index contributed by atoms with van der Waals surface area (Å²) in [6, 6.07) is 0. The smallest absolute Gasteiger partial charge is 0.302 e. The van der Waals surface area contributed by atoms with Crippen molar-refractivity contribution < 1.29 is 24.9 Å². The Morgan fingerprint density at radius 1 is 1.15 bits per heavy atom. The summed E-state index contributed by atoms with van der Waals surface area (Å²) in [6.07, 6.45) is 1.37. The van der Waals surface area contributed by atoms with E-state index in [1.807, 2.05) is 0 Å². The minimum Gasteiger partial charge on any atom is -0.462 e. The lowest BCUT2D eigenvalue weighted by Crippen LogP contribution is -2.68. The molecule has 2 bridgehead atoms. The molecule has 4 fully saturated rings. The van der Waals surface area contributed by atoms with Crippen LogP contribution in [0.15, 0.2) is 12.2 Å². The Kier molecular flexibility index (Phi) is 4.17. The van der Waals surface area contributed by atoms with Gasteiger partial charge in [0.05, 0.1) is 18.3 Å². The fraction of sp³-hybridized carbons (Fsp3) is 0.864. The zero-order valence-electron chi connectivity index (χ0n) is 16.9. The Morgan fingerprint density at radius 3 is 2.44 bits per heavy atom. The number of hydrogen-bond acceptors (Lipinski definition) is 5. The lowest BCUT2D eigenvalue weighted by Gasteiger charge is -2.67. The van der Waals surface area contributed by atoms with E-state index >= 15 is 0 Å². The van der Waals surface area contributed by atoms with E-state index in [4.69, 9.17) is 4.74 Å². The van der Waals surface area contributed by atoms with Crippen LogP contribution in [0.1, 0.15) is 59.8 Å². The van der Waals surface area contributed by atoms with Gasteiger partial charge in [0.25, 0.3) is 0 Å². The number of aliphatic hydroxyl groups is 3. The predicted octanol–water partition coefficient (Wildman–Crippen LogP) is 2.43. The molecule has 5 heteroatoms. The van der Waals surface area contributed by atoms with Crippen molar-refractivity contribution in [3.05, 3.63) is 12.2 Å². The molecular weight excluding hydrogens is 344 g/mol. The lowest BCUT2D eigenvalue weighted by molar-refractivity contribution is -0.261. The van der Waals surface area contributed by atoms with Crippen LogP contribution in [0.25, 0.3) is 0 Å². The van der Waals surface area contributed by atoms with Gasteiger partial charge in [0.15, 0.2) is 0 Å². The monoisotopic (exact) mass is 378 g/mol. The normalized spacial score (nSPS) is 53.4. The molecule has 4 aliphatic rings. The summed E-state index contributed by atoms with van der Waals surface area (Å²) < 4.78 is 5.85. The summed E-state index contributed by atoms with van der Waals surface area (Å²) in [5, 5.41) is 33.2. The maximum absolute atomic E-state index is 11.9. The van der Waals surface area contributed by atoms with E-state index in [-0.39, 0.29) is 35.2 Å².